The van der Waals surface area contributed by atoms with Crippen LogP contribution < -0.4 is 5.32 Å². The Morgan fingerprint density at radius 2 is 2.38 bits per heavy atom. The van der Waals surface area contributed by atoms with Gasteiger partial charge in [0.05, 0.1) is 24.9 Å². The number of hydrogen-bond acceptors (Lipinski definition) is 4. The van der Waals surface area contributed by atoms with Crippen molar-refractivity contribution in [2.45, 2.75) is 12.5 Å². The molecule has 1 amide bonds. The molecule has 2 aromatic rings. The van der Waals surface area contributed by atoms with Crippen LogP contribution in [0, 0.1) is 5.92 Å². The lowest BCUT2D eigenvalue weighted by Gasteiger charge is -2.15. The largest absolute Gasteiger partial charge is 0.468 e. The van der Waals surface area contributed by atoms with Crippen molar-refractivity contribution < 1.29 is 9.21 Å². The van der Waals surface area contributed by atoms with Crippen molar-refractivity contribution in [1.82, 2.24) is 20.0 Å². The van der Waals surface area contributed by atoms with Gasteiger partial charge in [0.25, 0.3) is 0 Å². The smallest absolute Gasteiger partial charge is 0.224 e. The lowest BCUT2D eigenvalue weighted by atomic mass is 9.90. The van der Waals surface area contributed by atoms with E-state index in [9.17, 15) is 4.79 Å². The Hall–Kier alpha value is -2.08. The van der Waals surface area contributed by atoms with Crippen molar-refractivity contribution in [3.8, 4) is 0 Å². The molecule has 1 saturated heterocycles. The molecule has 2 aromatic heterocycles. The number of carbonyl (C=O) groups excluding carboxylic acids is 1. The molecule has 6 nitrogen and oxygen atoms in total. The molecule has 1 aliphatic rings. The summed E-state index contributed by atoms with van der Waals surface area (Å²) >= 11 is 0. The molecule has 0 aliphatic carbocycles. The second-order valence-electron chi connectivity index (χ2n) is 5.55. The van der Waals surface area contributed by atoms with Crippen LogP contribution in [-0.2, 0) is 18.4 Å². The molecule has 6 heteroatoms. The third kappa shape index (κ3) is 2.85. The molecule has 1 N–H and O–H groups in total. The number of amides is 1. The average Bonchev–Trinajstić information content (AvgIpc) is 3.19. The Labute approximate surface area is 123 Å². The minimum atomic E-state index is -0.0471. The van der Waals surface area contributed by atoms with Crippen molar-refractivity contribution in [1.29, 1.82) is 0 Å². The van der Waals surface area contributed by atoms with Gasteiger partial charge in [-0.1, -0.05) is 0 Å². The quantitative estimate of drug-likeness (QED) is 0.911. The van der Waals surface area contributed by atoms with Crippen LogP contribution in [0.2, 0.25) is 0 Å². The van der Waals surface area contributed by atoms with Gasteiger partial charge in [0.1, 0.15) is 5.76 Å². The van der Waals surface area contributed by atoms with Crippen LogP contribution in [0.15, 0.2) is 35.2 Å². The first-order chi connectivity index (χ1) is 10.2. The number of aryl methyl sites for hydroxylation is 1. The number of likely N-dealkylation sites (tertiary alicyclic amines) is 1. The lowest BCUT2D eigenvalue weighted by Crippen LogP contribution is -2.32. The van der Waals surface area contributed by atoms with Gasteiger partial charge in [-0.15, -0.1) is 0 Å². The van der Waals surface area contributed by atoms with E-state index < -0.39 is 0 Å². The SMILES string of the molecule is CNC(=O)[C@H]1CN(Cc2ccco2)C[C@@H]1c1cnn(C)c1. The third-order valence-electron chi connectivity index (χ3n) is 4.09. The minimum Gasteiger partial charge on any atom is -0.468 e. The van der Waals surface area contributed by atoms with E-state index in [1.807, 2.05) is 31.6 Å². The van der Waals surface area contributed by atoms with Crippen LogP contribution in [0.25, 0.3) is 0 Å². The van der Waals surface area contributed by atoms with Gasteiger partial charge in [-0.25, -0.2) is 0 Å². The van der Waals surface area contributed by atoms with Crippen molar-refractivity contribution in [2.75, 3.05) is 20.1 Å². The molecule has 0 spiro atoms. The number of nitrogens with zero attached hydrogens (tertiary/aromatic N) is 3. The summed E-state index contributed by atoms with van der Waals surface area (Å²) in [5.74, 6) is 1.14. The number of nitrogens with one attached hydrogen (secondary N) is 1. The molecule has 2 atom stereocenters. The molecular formula is C15H20N4O2. The number of rotatable bonds is 4. The van der Waals surface area contributed by atoms with Crippen LogP contribution >= 0.6 is 0 Å². The number of furan rings is 1. The van der Waals surface area contributed by atoms with Crippen molar-refractivity contribution in [3.05, 3.63) is 42.1 Å². The summed E-state index contributed by atoms with van der Waals surface area (Å²) < 4.78 is 7.19. The second kappa shape index (κ2) is 5.73. The molecule has 0 saturated carbocycles. The monoisotopic (exact) mass is 288 g/mol. The Balaban J connectivity index is 1.78. The van der Waals surface area contributed by atoms with Crippen LogP contribution in [0.3, 0.4) is 0 Å². The van der Waals surface area contributed by atoms with Gasteiger partial charge >= 0.3 is 0 Å². The highest BCUT2D eigenvalue weighted by atomic mass is 16.3. The molecule has 0 unspecified atom stereocenters. The van der Waals surface area contributed by atoms with E-state index in [0.29, 0.717) is 0 Å². The van der Waals surface area contributed by atoms with Gasteiger partial charge in [0.2, 0.25) is 5.91 Å². The predicted octanol–water partition coefficient (Wildman–Crippen LogP) is 0.975. The van der Waals surface area contributed by atoms with Gasteiger partial charge in [-0.3, -0.25) is 14.4 Å². The van der Waals surface area contributed by atoms with E-state index >= 15 is 0 Å². The number of aromatic nitrogens is 2. The van der Waals surface area contributed by atoms with E-state index in [1.165, 1.54) is 0 Å². The fourth-order valence-electron chi connectivity index (χ4n) is 3.06. The molecule has 0 aromatic carbocycles. The van der Waals surface area contributed by atoms with Crippen LogP contribution in [0.4, 0.5) is 0 Å². The summed E-state index contributed by atoms with van der Waals surface area (Å²) in [5.41, 5.74) is 1.12. The fraction of sp³-hybridized carbons (Fsp3) is 0.467. The summed E-state index contributed by atoms with van der Waals surface area (Å²) in [6.45, 7) is 2.31. The van der Waals surface area contributed by atoms with Crippen molar-refractivity contribution in [2.24, 2.45) is 13.0 Å². The predicted molar refractivity (Wildman–Crippen MR) is 77.5 cm³/mol. The molecule has 0 radical (unpaired) electrons. The molecule has 112 valence electrons. The highest BCUT2D eigenvalue weighted by Crippen LogP contribution is 2.33. The Morgan fingerprint density at radius 3 is 3.00 bits per heavy atom. The molecule has 3 heterocycles. The van der Waals surface area contributed by atoms with E-state index in [0.717, 1.165) is 31.0 Å². The zero-order valence-electron chi connectivity index (χ0n) is 12.3. The standard InChI is InChI=1S/C15H20N4O2/c1-16-15(20)14-10-19(8-12-4-3-5-21-12)9-13(14)11-6-17-18(2)7-11/h3-7,13-14H,8-10H2,1-2H3,(H,16,20)/t13-,14+/m1/s1. The zero-order valence-corrected chi connectivity index (χ0v) is 12.3. The molecule has 0 bridgehead atoms. The molecule has 1 aliphatic heterocycles. The maximum atomic E-state index is 12.2. The second-order valence-corrected chi connectivity index (χ2v) is 5.55. The van der Waals surface area contributed by atoms with Crippen molar-refractivity contribution >= 4 is 5.91 Å². The summed E-state index contributed by atoms with van der Waals surface area (Å²) in [4.78, 5) is 14.4. The number of hydrogen-bond donors (Lipinski definition) is 1. The van der Waals surface area contributed by atoms with E-state index in [4.69, 9.17) is 4.42 Å². The van der Waals surface area contributed by atoms with Gasteiger partial charge in [-0.2, -0.15) is 5.10 Å². The summed E-state index contributed by atoms with van der Waals surface area (Å²) in [6.07, 6.45) is 5.54. The van der Waals surface area contributed by atoms with E-state index in [1.54, 1.807) is 18.0 Å². The van der Waals surface area contributed by atoms with Crippen molar-refractivity contribution in [3.63, 3.8) is 0 Å². The summed E-state index contributed by atoms with van der Waals surface area (Å²) in [5, 5.41) is 7.01. The van der Waals surface area contributed by atoms with E-state index in [2.05, 4.69) is 15.3 Å². The van der Waals surface area contributed by atoms with Gasteiger partial charge in [0, 0.05) is 39.3 Å². The minimum absolute atomic E-state index is 0.0471. The molecular weight excluding hydrogens is 268 g/mol. The summed E-state index contributed by atoms with van der Waals surface area (Å²) in [6, 6.07) is 3.85. The highest BCUT2D eigenvalue weighted by Gasteiger charge is 2.38. The van der Waals surface area contributed by atoms with Gasteiger partial charge in [-0.05, 0) is 17.7 Å². The van der Waals surface area contributed by atoms with Crippen LogP contribution in [0.5, 0.6) is 0 Å². The lowest BCUT2D eigenvalue weighted by molar-refractivity contribution is -0.124. The normalized spacial score (nSPS) is 22.6. The maximum absolute atomic E-state index is 12.2. The molecule has 21 heavy (non-hydrogen) atoms. The van der Waals surface area contributed by atoms with E-state index in [-0.39, 0.29) is 17.7 Å². The Bertz CT molecular complexity index is 605. The molecule has 1 fully saturated rings. The summed E-state index contributed by atoms with van der Waals surface area (Å²) in [7, 11) is 3.59. The first-order valence-corrected chi connectivity index (χ1v) is 7.12. The Kier molecular flexibility index (Phi) is 3.79. The van der Waals surface area contributed by atoms with Gasteiger partial charge in [0.15, 0.2) is 0 Å². The number of carbonyl (C=O) groups is 1. The molecule has 3 rings (SSSR count). The topological polar surface area (TPSA) is 63.3 Å². The zero-order chi connectivity index (χ0) is 14.8. The average molecular weight is 288 g/mol. The third-order valence-corrected chi connectivity index (χ3v) is 4.09. The first-order valence-electron chi connectivity index (χ1n) is 7.12. The maximum Gasteiger partial charge on any atom is 0.224 e. The Morgan fingerprint density at radius 1 is 1.52 bits per heavy atom. The first kappa shape index (κ1) is 13.9. The van der Waals surface area contributed by atoms with Crippen LogP contribution in [0.1, 0.15) is 17.2 Å². The fourth-order valence-corrected chi connectivity index (χ4v) is 3.06. The van der Waals surface area contributed by atoms with Gasteiger partial charge < -0.3 is 9.73 Å². The van der Waals surface area contributed by atoms with Crippen LogP contribution in [-0.4, -0.2) is 40.7 Å². The highest BCUT2D eigenvalue weighted by molar-refractivity contribution is 5.80.